The lowest BCUT2D eigenvalue weighted by Gasteiger charge is -2.42. The molecule has 0 aliphatic carbocycles. The maximum absolute atomic E-state index is 12.4. The van der Waals surface area contributed by atoms with Crippen molar-refractivity contribution in [3.8, 4) is 0 Å². The average Bonchev–Trinajstić information content (AvgIpc) is 3.08. The summed E-state index contributed by atoms with van der Waals surface area (Å²) >= 11 is 0. The van der Waals surface area contributed by atoms with E-state index in [2.05, 4.69) is 4.90 Å². The van der Waals surface area contributed by atoms with E-state index in [0.717, 1.165) is 57.8 Å². The van der Waals surface area contributed by atoms with Gasteiger partial charge >= 0.3 is 0 Å². The Bertz CT molecular complexity index is 588. The molecule has 0 bridgehead atoms. The molecule has 2 unspecified atom stereocenters. The minimum atomic E-state index is -0.190. The number of anilines is 1. The van der Waals surface area contributed by atoms with Gasteiger partial charge in [-0.15, -0.1) is 0 Å². The fraction of sp³-hybridized carbons (Fsp3) is 0.650. The number of hydrogen-bond acceptors (Lipinski definition) is 4. The molecule has 3 fully saturated rings. The lowest BCUT2D eigenvalue weighted by atomic mass is 9.92. The molecule has 3 aliphatic rings. The molecule has 1 spiro atoms. The number of nitrogens with zero attached hydrogens (tertiary/aromatic N) is 2. The molecule has 3 aliphatic heterocycles. The summed E-state index contributed by atoms with van der Waals surface area (Å²) in [6.07, 6.45) is 4.34. The minimum absolute atomic E-state index is 0.0704. The number of likely N-dealkylation sites (tertiary alicyclic amines) is 1. The van der Waals surface area contributed by atoms with Crippen LogP contribution < -0.4 is 4.90 Å². The third kappa shape index (κ3) is 3.89. The molecule has 3 heterocycles. The third-order valence-electron chi connectivity index (χ3n) is 5.85. The molecular weight excluding hydrogens is 316 g/mol. The molecule has 5 nitrogen and oxygen atoms in total. The van der Waals surface area contributed by atoms with Crippen molar-refractivity contribution in [3.63, 3.8) is 0 Å². The van der Waals surface area contributed by atoms with E-state index >= 15 is 0 Å². The van der Waals surface area contributed by atoms with Gasteiger partial charge in [-0.2, -0.15) is 0 Å². The second-order valence-corrected chi connectivity index (χ2v) is 7.67. The van der Waals surface area contributed by atoms with Gasteiger partial charge in [0.15, 0.2) is 0 Å². The highest BCUT2D eigenvalue weighted by molar-refractivity contribution is 5.95. The Balaban J connectivity index is 1.41. The predicted octanol–water partition coefficient (Wildman–Crippen LogP) is 2.31. The third-order valence-corrected chi connectivity index (χ3v) is 5.85. The number of ether oxygens (including phenoxy) is 2. The molecule has 136 valence electrons. The number of carbonyl (C=O) groups excluding carboxylic acids is 1. The summed E-state index contributed by atoms with van der Waals surface area (Å²) in [5.74, 6) is 0.754. The molecule has 3 saturated heterocycles. The molecule has 2 atom stereocenters. The topological polar surface area (TPSA) is 42.0 Å². The molecule has 1 aromatic carbocycles. The Morgan fingerprint density at radius 1 is 1.16 bits per heavy atom. The van der Waals surface area contributed by atoms with E-state index in [1.165, 1.54) is 6.42 Å². The van der Waals surface area contributed by atoms with Gasteiger partial charge in [0.05, 0.1) is 18.8 Å². The summed E-state index contributed by atoms with van der Waals surface area (Å²) in [6, 6.07) is 9.99. The van der Waals surface area contributed by atoms with Crippen LogP contribution in [0.5, 0.6) is 0 Å². The molecule has 0 radical (unpaired) electrons. The highest BCUT2D eigenvalue weighted by Gasteiger charge is 2.41. The molecule has 1 aromatic rings. The number of hydrogen-bond donors (Lipinski definition) is 0. The monoisotopic (exact) mass is 344 g/mol. The van der Waals surface area contributed by atoms with Crippen LogP contribution in [0.2, 0.25) is 0 Å². The van der Waals surface area contributed by atoms with E-state index in [1.54, 1.807) is 0 Å². The minimum Gasteiger partial charge on any atom is -0.381 e. The van der Waals surface area contributed by atoms with Crippen LogP contribution in [0.4, 0.5) is 5.69 Å². The summed E-state index contributed by atoms with van der Waals surface area (Å²) in [5.41, 5.74) is 0.796. The van der Waals surface area contributed by atoms with Gasteiger partial charge in [0.2, 0.25) is 0 Å². The Kier molecular flexibility index (Phi) is 5.06. The number of morpholine rings is 1. The van der Waals surface area contributed by atoms with Gasteiger partial charge in [0.25, 0.3) is 5.91 Å². The normalized spacial score (nSPS) is 31.4. The van der Waals surface area contributed by atoms with Crippen LogP contribution in [0.25, 0.3) is 0 Å². The highest BCUT2D eigenvalue weighted by atomic mass is 16.5. The molecule has 4 rings (SSSR count). The van der Waals surface area contributed by atoms with Gasteiger partial charge in [0, 0.05) is 25.4 Å². The number of benzene rings is 1. The van der Waals surface area contributed by atoms with Crippen molar-refractivity contribution in [2.24, 2.45) is 5.92 Å². The molecule has 1 amide bonds. The van der Waals surface area contributed by atoms with Crippen molar-refractivity contribution in [1.29, 1.82) is 0 Å². The fourth-order valence-electron chi connectivity index (χ4n) is 4.36. The Morgan fingerprint density at radius 2 is 2.04 bits per heavy atom. The largest absolute Gasteiger partial charge is 0.381 e. The number of para-hydroxylation sites is 1. The highest BCUT2D eigenvalue weighted by Crippen LogP contribution is 2.33. The lowest BCUT2D eigenvalue weighted by Crippen LogP contribution is -2.55. The lowest BCUT2D eigenvalue weighted by molar-refractivity contribution is -0.140. The predicted molar refractivity (Wildman–Crippen MR) is 96.7 cm³/mol. The molecule has 25 heavy (non-hydrogen) atoms. The Morgan fingerprint density at radius 3 is 2.84 bits per heavy atom. The first-order chi connectivity index (χ1) is 12.2. The molecule has 0 aromatic heterocycles. The van der Waals surface area contributed by atoms with Crippen molar-refractivity contribution < 1.29 is 14.3 Å². The fourth-order valence-corrected chi connectivity index (χ4v) is 4.36. The average molecular weight is 344 g/mol. The van der Waals surface area contributed by atoms with Crippen LogP contribution in [0, 0.1) is 5.92 Å². The summed E-state index contributed by atoms with van der Waals surface area (Å²) in [5, 5.41) is 0. The summed E-state index contributed by atoms with van der Waals surface area (Å²) in [7, 11) is 0. The van der Waals surface area contributed by atoms with Gasteiger partial charge < -0.3 is 19.3 Å². The van der Waals surface area contributed by atoms with Crippen molar-refractivity contribution in [3.05, 3.63) is 30.3 Å². The van der Waals surface area contributed by atoms with Crippen LogP contribution in [0.15, 0.2) is 30.3 Å². The van der Waals surface area contributed by atoms with E-state index in [0.29, 0.717) is 12.5 Å². The van der Waals surface area contributed by atoms with E-state index in [-0.39, 0.29) is 18.1 Å². The van der Waals surface area contributed by atoms with Crippen molar-refractivity contribution >= 4 is 11.6 Å². The van der Waals surface area contributed by atoms with Gasteiger partial charge in [-0.1, -0.05) is 18.2 Å². The number of carbonyl (C=O) groups is 1. The van der Waals surface area contributed by atoms with E-state index < -0.39 is 0 Å². The van der Waals surface area contributed by atoms with Crippen molar-refractivity contribution in [2.45, 2.75) is 31.3 Å². The molecule has 0 N–H and O–H groups in total. The van der Waals surface area contributed by atoms with Gasteiger partial charge in [0.1, 0.15) is 6.61 Å². The zero-order chi connectivity index (χ0) is 17.1. The number of amides is 1. The van der Waals surface area contributed by atoms with Gasteiger partial charge in [-0.3, -0.25) is 4.79 Å². The maximum Gasteiger partial charge on any atom is 0.253 e. The Labute approximate surface area is 149 Å². The first-order valence-electron chi connectivity index (χ1n) is 9.54. The Hall–Kier alpha value is -1.43. The van der Waals surface area contributed by atoms with Crippen molar-refractivity contribution in [2.75, 3.05) is 50.9 Å². The van der Waals surface area contributed by atoms with Gasteiger partial charge in [-0.05, 0) is 50.3 Å². The van der Waals surface area contributed by atoms with Gasteiger partial charge in [-0.25, -0.2) is 0 Å². The zero-order valence-corrected chi connectivity index (χ0v) is 14.9. The van der Waals surface area contributed by atoms with Crippen LogP contribution in [0.1, 0.15) is 25.7 Å². The first-order valence-corrected chi connectivity index (χ1v) is 9.54. The quantitative estimate of drug-likeness (QED) is 0.844. The van der Waals surface area contributed by atoms with Crippen molar-refractivity contribution in [1.82, 2.24) is 4.90 Å². The summed E-state index contributed by atoms with van der Waals surface area (Å²) < 4.78 is 11.6. The zero-order valence-electron chi connectivity index (χ0n) is 14.9. The van der Waals surface area contributed by atoms with Crippen LogP contribution in [-0.4, -0.2) is 62.4 Å². The van der Waals surface area contributed by atoms with E-state index in [9.17, 15) is 4.79 Å². The first kappa shape index (κ1) is 17.0. The maximum atomic E-state index is 12.4. The number of rotatable bonds is 3. The van der Waals surface area contributed by atoms with E-state index in [4.69, 9.17) is 9.47 Å². The standard InChI is InChI=1S/C20H28N2O3/c23-19-15-25-20(16-22(19)18-5-2-1-3-6-18)8-4-10-21(11-9-20)13-17-7-12-24-14-17/h1-3,5-6,17H,4,7-16H2. The van der Waals surface area contributed by atoms with Crippen LogP contribution in [-0.2, 0) is 14.3 Å². The van der Waals surface area contributed by atoms with Crippen LogP contribution >= 0.6 is 0 Å². The molecule has 0 saturated carbocycles. The second-order valence-electron chi connectivity index (χ2n) is 7.67. The SMILES string of the molecule is O=C1COC2(CCCN(CC3CCOC3)CC2)CN1c1ccccc1. The summed E-state index contributed by atoms with van der Waals surface area (Å²) in [6.45, 7) is 6.02. The summed E-state index contributed by atoms with van der Waals surface area (Å²) in [4.78, 5) is 16.9. The van der Waals surface area contributed by atoms with Crippen LogP contribution in [0.3, 0.4) is 0 Å². The van der Waals surface area contributed by atoms with E-state index in [1.807, 2.05) is 35.2 Å². The molecular formula is C20H28N2O3. The second kappa shape index (κ2) is 7.44. The smallest absolute Gasteiger partial charge is 0.253 e. The molecule has 5 heteroatoms.